The monoisotopic (exact) mass is 367 g/mol. The van der Waals surface area contributed by atoms with Gasteiger partial charge in [-0.15, -0.1) is 24.0 Å². The molecule has 0 radical (unpaired) electrons. The van der Waals surface area contributed by atoms with Gasteiger partial charge in [0, 0.05) is 13.1 Å². The van der Waals surface area contributed by atoms with Gasteiger partial charge in [0.05, 0.1) is 12.1 Å². The summed E-state index contributed by atoms with van der Waals surface area (Å²) in [7, 11) is 0. The molecule has 1 aliphatic heterocycles. The van der Waals surface area contributed by atoms with Crippen molar-refractivity contribution < 1.29 is 5.11 Å². The van der Waals surface area contributed by atoms with Gasteiger partial charge in [-0.2, -0.15) is 0 Å². The molecule has 4 nitrogen and oxygen atoms in total. The molecule has 0 spiro atoms. The molecule has 2 aliphatic rings. The van der Waals surface area contributed by atoms with E-state index in [0.717, 1.165) is 38.8 Å². The fraction of sp³-hybridized carbons (Fsp3) is 0.923. The molecule has 2 fully saturated rings. The third-order valence-electron chi connectivity index (χ3n) is 4.05. The lowest BCUT2D eigenvalue weighted by atomic mass is 10.0. The van der Waals surface area contributed by atoms with Gasteiger partial charge in [-0.1, -0.05) is 19.8 Å². The number of nitrogens with two attached hydrogens (primary N) is 1. The predicted octanol–water partition coefficient (Wildman–Crippen LogP) is 1.96. The number of hydrogen-bond acceptors (Lipinski definition) is 2. The first-order chi connectivity index (χ1) is 8.09. The van der Waals surface area contributed by atoms with Gasteiger partial charge in [0.2, 0.25) is 0 Å². The minimum absolute atomic E-state index is 0. The van der Waals surface area contributed by atoms with Crippen LogP contribution in [-0.4, -0.2) is 41.2 Å². The van der Waals surface area contributed by atoms with Gasteiger partial charge in [-0.05, 0) is 31.6 Å². The predicted molar refractivity (Wildman–Crippen MR) is 85.3 cm³/mol. The van der Waals surface area contributed by atoms with Crippen LogP contribution >= 0.6 is 24.0 Å². The summed E-state index contributed by atoms with van der Waals surface area (Å²) in [4.78, 5) is 6.57. The Morgan fingerprint density at radius 2 is 2.06 bits per heavy atom. The Bertz CT molecular complexity index is 290. The summed E-state index contributed by atoms with van der Waals surface area (Å²) in [5.74, 6) is 1.32. The molecule has 0 aromatic rings. The third-order valence-corrected chi connectivity index (χ3v) is 4.05. The first kappa shape index (κ1) is 16.0. The van der Waals surface area contributed by atoms with Gasteiger partial charge in [-0.3, -0.25) is 4.99 Å². The summed E-state index contributed by atoms with van der Waals surface area (Å²) < 4.78 is 0. The first-order valence-corrected chi connectivity index (χ1v) is 6.86. The van der Waals surface area contributed by atoms with Crippen LogP contribution in [0, 0.1) is 5.92 Å². The van der Waals surface area contributed by atoms with Crippen LogP contribution in [0.4, 0.5) is 0 Å². The van der Waals surface area contributed by atoms with E-state index >= 15 is 0 Å². The molecule has 1 aliphatic carbocycles. The normalized spacial score (nSPS) is 28.0. The number of likely N-dealkylation sites (tertiary alicyclic amines) is 1. The summed E-state index contributed by atoms with van der Waals surface area (Å²) in [6.07, 6.45) is 6.47. The van der Waals surface area contributed by atoms with E-state index in [-0.39, 0.29) is 24.0 Å². The molecule has 0 bridgehead atoms. The minimum atomic E-state index is -0.577. The smallest absolute Gasteiger partial charge is 0.191 e. The average Bonchev–Trinajstić information content (AvgIpc) is 2.74. The summed E-state index contributed by atoms with van der Waals surface area (Å²) in [6.45, 7) is 4.75. The molecule has 106 valence electrons. The molecule has 3 N–H and O–H groups in total. The Balaban J connectivity index is 0.00000162. The SMILES string of the molecule is CC1CCCN(C(N)=NCC2(O)CCCC2)C1.I. The van der Waals surface area contributed by atoms with Crippen LogP contribution in [0.3, 0.4) is 0 Å². The van der Waals surface area contributed by atoms with Crippen molar-refractivity contribution in [1.29, 1.82) is 0 Å². The second-order valence-electron chi connectivity index (χ2n) is 5.80. The van der Waals surface area contributed by atoms with Crippen molar-refractivity contribution in [2.45, 2.75) is 51.0 Å². The first-order valence-electron chi connectivity index (χ1n) is 6.86. The van der Waals surface area contributed by atoms with E-state index in [4.69, 9.17) is 5.73 Å². The maximum absolute atomic E-state index is 10.2. The Morgan fingerprint density at radius 3 is 2.67 bits per heavy atom. The second-order valence-corrected chi connectivity index (χ2v) is 5.80. The lowest BCUT2D eigenvalue weighted by Crippen LogP contribution is -2.44. The van der Waals surface area contributed by atoms with E-state index in [9.17, 15) is 5.11 Å². The number of nitrogens with zero attached hydrogens (tertiary/aromatic N) is 2. The van der Waals surface area contributed by atoms with Crippen molar-refractivity contribution in [2.24, 2.45) is 16.6 Å². The lowest BCUT2D eigenvalue weighted by Gasteiger charge is -2.32. The van der Waals surface area contributed by atoms with Crippen LogP contribution in [0.1, 0.15) is 45.4 Å². The molecule has 1 unspecified atom stereocenters. The summed E-state index contributed by atoms with van der Waals surface area (Å²) in [6, 6.07) is 0. The van der Waals surface area contributed by atoms with Crippen LogP contribution in [0.5, 0.6) is 0 Å². The van der Waals surface area contributed by atoms with E-state index in [0.29, 0.717) is 18.4 Å². The molecule has 2 rings (SSSR count). The fourth-order valence-electron chi connectivity index (χ4n) is 2.92. The summed E-state index contributed by atoms with van der Waals surface area (Å²) in [5.41, 5.74) is 5.44. The highest BCUT2D eigenvalue weighted by atomic mass is 127. The molecule has 0 aromatic heterocycles. The quantitative estimate of drug-likeness (QED) is 0.446. The van der Waals surface area contributed by atoms with Crippen molar-refractivity contribution in [2.75, 3.05) is 19.6 Å². The Kier molecular flexibility index (Phi) is 6.17. The molecule has 18 heavy (non-hydrogen) atoms. The average molecular weight is 367 g/mol. The molecule has 0 aromatic carbocycles. The summed E-state index contributed by atoms with van der Waals surface area (Å²) in [5, 5.41) is 10.2. The number of aliphatic imine (C=N–C) groups is 1. The zero-order valence-electron chi connectivity index (χ0n) is 11.3. The standard InChI is InChI=1S/C13H25N3O.HI/c1-11-5-4-8-16(9-11)12(14)15-10-13(17)6-2-3-7-13;/h11,17H,2-10H2,1H3,(H2,14,15);1H. The highest BCUT2D eigenvalue weighted by Crippen LogP contribution is 2.29. The number of halogens is 1. The Morgan fingerprint density at radius 1 is 1.39 bits per heavy atom. The minimum Gasteiger partial charge on any atom is -0.388 e. The van der Waals surface area contributed by atoms with Crippen molar-refractivity contribution in [1.82, 2.24) is 4.90 Å². The molecule has 1 heterocycles. The van der Waals surface area contributed by atoms with Crippen molar-refractivity contribution >= 4 is 29.9 Å². The van der Waals surface area contributed by atoms with Crippen LogP contribution < -0.4 is 5.73 Å². The van der Waals surface area contributed by atoms with Gasteiger partial charge in [0.25, 0.3) is 0 Å². The van der Waals surface area contributed by atoms with Gasteiger partial charge < -0.3 is 15.7 Å². The van der Waals surface area contributed by atoms with Gasteiger partial charge in [0.15, 0.2) is 5.96 Å². The van der Waals surface area contributed by atoms with Crippen LogP contribution in [-0.2, 0) is 0 Å². The molecule has 5 heteroatoms. The largest absolute Gasteiger partial charge is 0.388 e. The second kappa shape index (κ2) is 6.93. The molecule has 1 saturated carbocycles. The molecule has 1 atom stereocenters. The summed E-state index contributed by atoms with van der Waals surface area (Å²) >= 11 is 0. The molecular weight excluding hydrogens is 341 g/mol. The van der Waals surface area contributed by atoms with Gasteiger partial charge in [0.1, 0.15) is 0 Å². The van der Waals surface area contributed by atoms with Crippen molar-refractivity contribution in [3.05, 3.63) is 0 Å². The molecular formula is C13H26IN3O. The van der Waals surface area contributed by atoms with Crippen molar-refractivity contribution in [3.63, 3.8) is 0 Å². The number of hydrogen-bond donors (Lipinski definition) is 2. The van der Waals surface area contributed by atoms with E-state index in [1.165, 1.54) is 12.8 Å². The van der Waals surface area contributed by atoms with Gasteiger partial charge in [-0.25, -0.2) is 0 Å². The highest BCUT2D eigenvalue weighted by molar-refractivity contribution is 14.0. The fourth-order valence-corrected chi connectivity index (χ4v) is 2.92. The number of aliphatic hydroxyl groups is 1. The van der Waals surface area contributed by atoms with Crippen LogP contribution in [0.15, 0.2) is 4.99 Å². The van der Waals surface area contributed by atoms with Crippen LogP contribution in [0.25, 0.3) is 0 Å². The Labute approximate surface area is 127 Å². The topological polar surface area (TPSA) is 61.8 Å². The number of guanidine groups is 1. The molecule has 0 amide bonds. The zero-order valence-corrected chi connectivity index (χ0v) is 13.6. The maximum atomic E-state index is 10.2. The third kappa shape index (κ3) is 4.26. The van der Waals surface area contributed by atoms with E-state index in [1.807, 2.05) is 0 Å². The zero-order chi connectivity index (χ0) is 12.3. The number of piperidine rings is 1. The van der Waals surface area contributed by atoms with Crippen LogP contribution in [0.2, 0.25) is 0 Å². The Hall–Kier alpha value is -0.0400. The number of rotatable bonds is 2. The van der Waals surface area contributed by atoms with Gasteiger partial charge >= 0.3 is 0 Å². The van der Waals surface area contributed by atoms with E-state index in [1.54, 1.807) is 0 Å². The van der Waals surface area contributed by atoms with E-state index < -0.39 is 5.60 Å². The maximum Gasteiger partial charge on any atom is 0.191 e. The lowest BCUT2D eigenvalue weighted by molar-refractivity contribution is 0.0571. The highest BCUT2D eigenvalue weighted by Gasteiger charge is 2.31. The molecule has 1 saturated heterocycles. The van der Waals surface area contributed by atoms with Crippen molar-refractivity contribution in [3.8, 4) is 0 Å². The van der Waals surface area contributed by atoms with E-state index in [2.05, 4.69) is 16.8 Å².